The molecule has 112 heavy (non-hydrogen) atoms. The second kappa shape index (κ2) is 42.3. The van der Waals surface area contributed by atoms with Crippen molar-refractivity contribution in [2.45, 2.75) is 203 Å². The van der Waals surface area contributed by atoms with Crippen LogP contribution < -0.4 is 20.0 Å². The third-order valence-corrected chi connectivity index (χ3v) is 25.2. The second-order valence-electron chi connectivity index (χ2n) is 30.3. The quantitative estimate of drug-likeness (QED) is 0.0271. The number of aryl methyl sites for hydroxylation is 8. The number of hydrogen-bond donors (Lipinski definition) is 0. The standard InChI is InChI=1S/C28H39N3S.C23H27N3S.C23H21N3S.C22H25N3S/c1-4-5-6-7-8-9-10-11-12-15-20-31(28-30-26-16-13-14-17-27(26)32-28)29-22-25-21-23(2)18-19-24(25)3;2*1-17-12-13-18(2)20(14-17)15-24-26(16-19-8-4-3-5-9-19)23-25-21-10-6-7-11-22(21)27-23;1-16-12-13-17(2)18(14-16)15-23-25(19-8-4-3-5-9-19)22-24-20-10-6-7-11-21(20)26-22/h13-14,16-19,21-22H,4-12,15,20H2,1-3H3;6-7,10-15,19H,3-5,8-9,16H2,1-2H3;3-15H,16H2,1-2H3;6-7,10-15,19H,3-5,8-9H2,1-2H3/b29-22+;2*24-15+;23-15+. The monoisotopic (exact) mass is 1560 g/mol. The highest BCUT2D eigenvalue weighted by Gasteiger charge is 2.25. The van der Waals surface area contributed by atoms with Crippen molar-refractivity contribution in [3.63, 3.8) is 0 Å². The van der Waals surface area contributed by atoms with Gasteiger partial charge in [0.25, 0.3) is 0 Å². The van der Waals surface area contributed by atoms with Gasteiger partial charge in [0.2, 0.25) is 20.5 Å². The van der Waals surface area contributed by atoms with Gasteiger partial charge >= 0.3 is 0 Å². The van der Waals surface area contributed by atoms with Gasteiger partial charge in [-0.05, 0) is 192 Å². The zero-order valence-electron chi connectivity index (χ0n) is 67.3. The molecule has 0 bridgehead atoms. The Balaban J connectivity index is 0.000000139. The fraction of sp³-hybridized carbons (Fsp3) is 0.354. The van der Waals surface area contributed by atoms with Crippen LogP contribution in [0.2, 0.25) is 0 Å². The predicted molar refractivity (Wildman–Crippen MR) is 488 cm³/mol. The molecular weight excluding hydrogens is 1450 g/mol. The first-order valence-corrected chi connectivity index (χ1v) is 44.1. The Kier molecular flexibility index (Phi) is 31.0. The smallest absolute Gasteiger partial charge is 0.207 e. The van der Waals surface area contributed by atoms with Crippen molar-refractivity contribution in [1.29, 1.82) is 0 Å². The molecule has 0 saturated heterocycles. The second-order valence-corrected chi connectivity index (χ2v) is 34.4. The average molecular weight is 1560 g/mol. The molecule has 2 saturated carbocycles. The van der Waals surface area contributed by atoms with E-state index in [9.17, 15) is 0 Å². The molecule has 0 unspecified atom stereocenters. The van der Waals surface area contributed by atoms with Gasteiger partial charge in [0.1, 0.15) is 0 Å². The molecule has 2 aliphatic carbocycles. The summed E-state index contributed by atoms with van der Waals surface area (Å²) in [6.07, 6.45) is 34.4. The molecule has 16 heteroatoms. The van der Waals surface area contributed by atoms with Gasteiger partial charge in [-0.25, -0.2) is 40.0 Å². The van der Waals surface area contributed by atoms with E-state index in [1.54, 1.807) is 45.3 Å². The first kappa shape index (κ1) is 81.9. The first-order chi connectivity index (χ1) is 54.7. The first-order valence-electron chi connectivity index (χ1n) is 40.8. The normalized spacial score (nSPS) is 13.5. The summed E-state index contributed by atoms with van der Waals surface area (Å²) in [7, 11) is 0. The summed E-state index contributed by atoms with van der Waals surface area (Å²) in [5.41, 5.74) is 20.1. The molecule has 0 amide bonds. The lowest BCUT2D eigenvalue weighted by molar-refractivity contribution is 0.359. The van der Waals surface area contributed by atoms with E-state index in [0.717, 1.165) is 67.7 Å². The average Bonchev–Trinajstić information content (AvgIpc) is 1.65. The highest BCUT2D eigenvalue weighted by molar-refractivity contribution is 7.23. The summed E-state index contributed by atoms with van der Waals surface area (Å²) in [4.78, 5) is 19.4. The maximum atomic E-state index is 4.94. The van der Waals surface area contributed by atoms with E-state index >= 15 is 0 Å². The lowest BCUT2D eigenvalue weighted by atomic mass is 9.89. The molecule has 0 radical (unpaired) electrons. The molecular formula is C96H112N12S4. The van der Waals surface area contributed by atoms with Gasteiger partial charge in [-0.2, -0.15) is 20.4 Å². The van der Waals surface area contributed by atoms with Crippen molar-refractivity contribution in [3.8, 4) is 0 Å². The summed E-state index contributed by atoms with van der Waals surface area (Å²) in [6, 6.07) is 70.1. The van der Waals surface area contributed by atoms with Gasteiger partial charge < -0.3 is 0 Å². The van der Waals surface area contributed by atoms with Crippen LogP contribution in [0.5, 0.6) is 0 Å². The third-order valence-electron chi connectivity index (χ3n) is 21.0. The van der Waals surface area contributed by atoms with Crippen LogP contribution in [0, 0.1) is 61.3 Å². The van der Waals surface area contributed by atoms with E-state index in [1.807, 2.05) is 54.1 Å². The van der Waals surface area contributed by atoms with E-state index < -0.39 is 0 Å². The molecule has 0 N–H and O–H groups in total. The van der Waals surface area contributed by atoms with Crippen LogP contribution in [0.3, 0.4) is 0 Å². The molecule has 0 spiro atoms. The maximum Gasteiger partial charge on any atom is 0.207 e. The number of unbranched alkanes of at least 4 members (excludes halogenated alkanes) is 9. The van der Waals surface area contributed by atoms with E-state index in [2.05, 4.69) is 253 Å². The molecule has 13 aromatic rings. The largest absolute Gasteiger partial charge is 0.239 e. The number of benzene rings is 9. The van der Waals surface area contributed by atoms with E-state index in [-0.39, 0.29) is 0 Å². The molecule has 4 heterocycles. The number of hydrazone groups is 4. The summed E-state index contributed by atoms with van der Waals surface area (Å²) < 4.78 is 4.85. The van der Waals surface area contributed by atoms with Crippen molar-refractivity contribution >= 4 is 132 Å². The Morgan fingerprint density at radius 2 is 0.679 bits per heavy atom. The van der Waals surface area contributed by atoms with Crippen molar-refractivity contribution in [2.24, 2.45) is 26.3 Å². The van der Waals surface area contributed by atoms with E-state index in [4.69, 9.17) is 40.3 Å². The number of rotatable bonds is 28. The number of thiazole rings is 4. The number of fused-ring (bicyclic) bond motifs is 4. The van der Waals surface area contributed by atoms with Crippen LogP contribution in [0.1, 0.15) is 208 Å². The molecule has 0 atom stereocenters. The van der Waals surface area contributed by atoms with Crippen molar-refractivity contribution in [3.05, 3.63) is 273 Å². The third kappa shape index (κ3) is 24.2. The van der Waals surface area contributed by atoms with Crippen LogP contribution in [0.15, 0.2) is 221 Å². The minimum absolute atomic E-state index is 0.450. The number of para-hydroxylation sites is 4. The van der Waals surface area contributed by atoms with E-state index in [1.165, 1.54) is 208 Å². The number of anilines is 4. The highest BCUT2D eigenvalue weighted by atomic mass is 32.1. The van der Waals surface area contributed by atoms with E-state index in [0.29, 0.717) is 18.5 Å². The fourth-order valence-corrected chi connectivity index (χ4v) is 18.1. The summed E-state index contributed by atoms with van der Waals surface area (Å²) in [5.74, 6) is 0.710. The van der Waals surface area contributed by atoms with Crippen LogP contribution in [0.25, 0.3) is 40.9 Å². The number of aromatic nitrogens is 4. The molecule has 4 aromatic heterocycles. The van der Waals surface area contributed by atoms with Gasteiger partial charge in [-0.15, -0.1) is 0 Å². The summed E-state index contributed by atoms with van der Waals surface area (Å²) in [6.45, 7) is 21.9. The molecule has 2 aliphatic rings. The van der Waals surface area contributed by atoms with Gasteiger partial charge in [0, 0.05) is 13.1 Å². The Morgan fingerprint density at radius 3 is 1.11 bits per heavy atom. The minimum atomic E-state index is 0.450. The van der Waals surface area contributed by atoms with Crippen LogP contribution in [-0.4, -0.2) is 63.9 Å². The Hall–Kier alpha value is -9.58. The fourth-order valence-electron chi connectivity index (χ4n) is 14.3. The molecule has 2 fully saturated rings. The zero-order chi connectivity index (χ0) is 77.8. The lowest BCUT2D eigenvalue weighted by Crippen LogP contribution is -2.32. The lowest BCUT2D eigenvalue weighted by Gasteiger charge is -2.30. The summed E-state index contributed by atoms with van der Waals surface area (Å²) >= 11 is 6.88. The van der Waals surface area contributed by atoms with Crippen LogP contribution in [0.4, 0.5) is 20.5 Å². The maximum absolute atomic E-state index is 4.94. The van der Waals surface area contributed by atoms with Crippen LogP contribution in [-0.2, 0) is 6.54 Å². The van der Waals surface area contributed by atoms with Crippen LogP contribution >= 0.6 is 45.3 Å². The van der Waals surface area contributed by atoms with Crippen molar-refractivity contribution in [1.82, 2.24) is 19.9 Å². The minimum Gasteiger partial charge on any atom is -0.239 e. The molecule has 9 aromatic carbocycles. The van der Waals surface area contributed by atoms with Crippen molar-refractivity contribution in [2.75, 3.05) is 33.1 Å². The molecule has 0 aliphatic heterocycles. The Bertz CT molecular complexity index is 5080. The predicted octanol–water partition coefficient (Wildman–Crippen LogP) is 27.0. The molecule has 15 rings (SSSR count). The van der Waals surface area contributed by atoms with Gasteiger partial charge in [0.05, 0.1) is 78.3 Å². The topological polar surface area (TPSA) is 114 Å². The van der Waals surface area contributed by atoms with Gasteiger partial charge in [-0.3, -0.25) is 0 Å². The SMILES string of the molecule is CCCCCCCCCCCCN(/N=C/c1cc(C)ccc1C)c1nc2ccccc2s1.Cc1ccc(C)c(/C=N/N(CC2CCCCC2)c2nc3ccccc3s2)c1.Cc1ccc(C)c(/C=N/N(Cc2ccccc2)c2nc3ccccc3s2)c1.Cc1ccc(C)c(/C=N/N(c2nc3ccccc3s2)C2CCCCC2)c1. The Labute approximate surface area is 681 Å². The van der Waals surface area contributed by atoms with Gasteiger partial charge in [0.15, 0.2) is 0 Å². The Morgan fingerprint density at radius 1 is 0.339 bits per heavy atom. The van der Waals surface area contributed by atoms with Gasteiger partial charge in [-0.1, -0.05) is 322 Å². The zero-order valence-corrected chi connectivity index (χ0v) is 70.5. The summed E-state index contributed by atoms with van der Waals surface area (Å²) in [5, 5.41) is 31.9. The molecule has 580 valence electrons. The number of hydrogen-bond acceptors (Lipinski definition) is 16. The van der Waals surface area contributed by atoms with Crippen molar-refractivity contribution < 1.29 is 0 Å². The highest BCUT2D eigenvalue weighted by Crippen LogP contribution is 2.37. The molecule has 12 nitrogen and oxygen atoms in total. The number of nitrogens with zero attached hydrogens (tertiary/aromatic N) is 12.